The molecule has 0 amide bonds. The summed E-state index contributed by atoms with van der Waals surface area (Å²) in [7, 11) is 0. The van der Waals surface area contributed by atoms with Gasteiger partial charge in [0, 0.05) is 22.5 Å². The van der Waals surface area contributed by atoms with Crippen molar-refractivity contribution in [1.29, 1.82) is 0 Å². The zero-order chi connectivity index (χ0) is 30.2. The van der Waals surface area contributed by atoms with Gasteiger partial charge in [-0.2, -0.15) is 0 Å². The lowest BCUT2D eigenvalue weighted by molar-refractivity contribution is 0.111. The summed E-state index contributed by atoms with van der Waals surface area (Å²) in [4.78, 5) is 22.3. The summed E-state index contributed by atoms with van der Waals surface area (Å²) in [6, 6.07) is 44.4. The van der Waals surface area contributed by atoms with Gasteiger partial charge in [0.15, 0.2) is 12.6 Å². The molecule has 0 bridgehead atoms. The third-order valence-electron chi connectivity index (χ3n) is 8.32. The quantitative estimate of drug-likeness (QED) is 0.123. The van der Waals surface area contributed by atoms with Crippen molar-refractivity contribution in [2.24, 2.45) is 0 Å². The summed E-state index contributed by atoms with van der Waals surface area (Å²) in [5.41, 5.74) is 13.8. The molecule has 0 aliphatic rings. The minimum atomic E-state index is 0.749. The molecule has 0 atom stereocenters. The maximum absolute atomic E-state index is 11.2. The van der Waals surface area contributed by atoms with E-state index in [-0.39, 0.29) is 0 Å². The van der Waals surface area contributed by atoms with E-state index in [1.807, 2.05) is 36.4 Å². The van der Waals surface area contributed by atoms with Crippen LogP contribution in [0.25, 0.3) is 64.6 Å². The van der Waals surface area contributed by atoms with Crippen molar-refractivity contribution in [1.82, 2.24) is 0 Å². The standard InChI is InChI=1S/2C17H10O.C6H8N2/c2*18-10-14-7-6-13-5-4-11-2-1-3-12-8-9-15(14)17(13)16(11)12;7-5-1-2-6(8)4-3-5/h2*1-10H;1-4H,7-8H2. The molecule has 9 aromatic rings. The Morgan fingerprint density at radius 1 is 0.341 bits per heavy atom. The monoisotopic (exact) mass is 568 g/mol. The van der Waals surface area contributed by atoms with Gasteiger partial charge >= 0.3 is 0 Å². The molecule has 9 aromatic carbocycles. The van der Waals surface area contributed by atoms with Crippen molar-refractivity contribution in [2.45, 2.75) is 0 Å². The molecule has 4 N–H and O–H groups in total. The molecule has 0 saturated carbocycles. The predicted octanol–water partition coefficient (Wildman–Crippen LogP) is 9.64. The van der Waals surface area contributed by atoms with Crippen LogP contribution in [0.4, 0.5) is 11.4 Å². The Balaban J connectivity index is 0.000000115. The molecule has 0 fully saturated rings. The smallest absolute Gasteiger partial charge is 0.150 e. The van der Waals surface area contributed by atoms with Gasteiger partial charge in [-0.3, -0.25) is 9.59 Å². The van der Waals surface area contributed by atoms with Crippen LogP contribution in [0.3, 0.4) is 0 Å². The SMILES string of the molecule is Nc1ccc(N)cc1.O=Cc1ccc2ccc3cccc4ccc1c2c34.O=Cc1ccc2ccc3cccc4ccc1c2c34. The van der Waals surface area contributed by atoms with Crippen molar-refractivity contribution in [2.75, 3.05) is 11.5 Å². The summed E-state index contributed by atoms with van der Waals surface area (Å²) in [5, 5.41) is 14.3. The second-order valence-electron chi connectivity index (χ2n) is 10.9. The van der Waals surface area contributed by atoms with Crippen LogP contribution in [0.1, 0.15) is 20.7 Å². The summed E-state index contributed by atoms with van der Waals surface area (Å²) in [6.45, 7) is 0. The highest BCUT2D eigenvalue weighted by atomic mass is 16.1. The first-order chi connectivity index (χ1) is 21.6. The topological polar surface area (TPSA) is 86.2 Å². The van der Waals surface area contributed by atoms with E-state index >= 15 is 0 Å². The zero-order valence-corrected chi connectivity index (χ0v) is 23.8. The highest BCUT2D eigenvalue weighted by Gasteiger charge is 2.11. The number of anilines is 2. The molecular formula is C40H28N2O2. The van der Waals surface area contributed by atoms with Crippen LogP contribution < -0.4 is 11.5 Å². The van der Waals surface area contributed by atoms with Crippen LogP contribution >= 0.6 is 0 Å². The minimum absolute atomic E-state index is 0.749. The van der Waals surface area contributed by atoms with Crippen molar-refractivity contribution >= 4 is 88.6 Å². The Kier molecular flexibility index (Phi) is 6.72. The predicted molar refractivity (Wildman–Crippen MR) is 186 cm³/mol. The largest absolute Gasteiger partial charge is 0.399 e. The van der Waals surface area contributed by atoms with E-state index in [9.17, 15) is 9.59 Å². The van der Waals surface area contributed by atoms with Gasteiger partial charge in [-0.15, -0.1) is 0 Å². The molecule has 0 spiro atoms. The number of rotatable bonds is 2. The molecule has 0 saturated heterocycles. The number of aldehydes is 2. The number of carbonyl (C=O) groups excluding carboxylic acids is 2. The van der Waals surface area contributed by atoms with Crippen LogP contribution in [0, 0.1) is 0 Å². The number of hydrogen-bond acceptors (Lipinski definition) is 4. The molecule has 0 aromatic heterocycles. The Morgan fingerprint density at radius 2 is 0.636 bits per heavy atom. The van der Waals surface area contributed by atoms with Crippen LogP contribution in [-0.4, -0.2) is 12.6 Å². The van der Waals surface area contributed by atoms with Crippen LogP contribution in [0.15, 0.2) is 133 Å². The molecule has 4 nitrogen and oxygen atoms in total. The summed E-state index contributed by atoms with van der Waals surface area (Å²) < 4.78 is 0. The van der Waals surface area contributed by atoms with E-state index in [4.69, 9.17) is 11.5 Å². The fraction of sp³-hybridized carbons (Fsp3) is 0. The van der Waals surface area contributed by atoms with Crippen molar-refractivity contribution in [3.8, 4) is 0 Å². The van der Waals surface area contributed by atoms with Gasteiger partial charge in [0.1, 0.15) is 0 Å². The molecule has 0 aliphatic heterocycles. The first-order valence-electron chi connectivity index (χ1n) is 14.4. The second-order valence-corrected chi connectivity index (χ2v) is 10.9. The van der Waals surface area contributed by atoms with Gasteiger partial charge < -0.3 is 11.5 Å². The first-order valence-corrected chi connectivity index (χ1v) is 14.4. The fourth-order valence-electron chi connectivity index (χ4n) is 6.22. The number of benzene rings is 9. The number of nitrogens with two attached hydrogens (primary N) is 2. The molecule has 0 unspecified atom stereocenters. The lowest BCUT2D eigenvalue weighted by Gasteiger charge is -2.11. The molecule has 44 heavy (non-hydrogen) atoms. The normalized spacial score (nSPS) is 11.1. The van der Waals surface area contributed by atoms with E-state index in [0.717, 1.165) is 45.8 Å². The van der Waals surface area contributed by atoms with Crippen LogP contribution in [0.2, 0.25) is 0 Å². The van der Waals surface area contributed by atoms with Crippen molar-refractivity contribution in [3.05, 3.63) is 145 Å². The van der Waals surface area contributed by atoms with Gasteiger partial charge in [0.2, 0.25) is 0 Å². The maximum atomic E-state index is 11.2. The lowest BCUT2D eigenvalue weighted by Crippen LogP contribution is -1.87. The highest BCUT2D eigenvalue weighted by Crippen LogP contribution is 2.36. The molecule has 4 heteroatoms. The highest BCUT2D eigenvalue weighted by molar-refractivity contribution is 6.26. The van der Waals surface area contributed by atoms with Crippen LogP contribution in [0.5, 0.6) is 0 Å². The zero-order valence-electron chi connectivity index (χ0n) is 23.8. The van der Waals surface area contributed by atoms with Gasteiger partial charge in [0.05, 0.1) is 0 Å². The van der Waals surface area contributed by atoms with Crippen molar-refractivity contribution in [3.63, 3.8) is 0 Å². The second kappa shape index (κ2) is 11.0. The van der Waals surface area contributed by atoms with Gasteiger partial charge in [-0.25, -0.2) is 0 Å². The molecular weight excluding hydrogens is 540 g/mol. The van der Waals surface area contributed by atoms with Gasteiger partial charge in [-0.05, 0) is 88.9 Å². The Labute approximate surface area is 253 Å². The number of hydrogen-bond donors (Lipinski definition) is 2. The van der Waals surface area contributed by atoms with E-state index in [0.29, 0.717) is 0 Å². The van der Waals surface area contributed by atoms with E-state index in [2.05, 4.69) is 72.8 Å². The molecule has 0 radical (unpaired) electrons. The number of nitrogen functional groups attached to an aromatic ring is 2. The summed E-state index contributed by atoms with van der Waals surface area (Å²) in [5.74, 6) is 0. The van der Waals surface area contributed by atoms with Gasteiger partial charge in [0.25, 0.3) is 0 Å². The van der Waals surface area contributed by atoms with Crippen LogP contribution in [-0.2, 0) is 0 Å². The average molecular weight is 569 g/mol. The van der Waals surface area contributed by atoms with Crippen molar-refractivity contribution < 1.29 is 9.59 Å². The Bertz CT molecular complexity index is 2240. The van der Waals surface area contributed by atoms with E-state index in [1.54, 1.807) is 24.3 Å². The minimum Gasteiger partial charge on any atom is -0.399 e. The third kappa shape index (κ3) is 4.59. The lowest BCUT2D eigenvalue weighted by atomic mass is 9.92. The fourth-order valence-corrected chi connectivity index (χ4v) is 6.22. The number of carbonyl (C=O) groups is 2. The summed E-state index contributed by atoms with van der Waals surface area (Å²) >= 11 is 0. The summed E-state index contributed by atoms with van der Waals surface area (Å²) in [6.07, 6.45) is 1.87. The molecule has 9 rings (SSSR count). The third-order valence-corrected chi connectivity index (χ3v) is 8.32. The Hall–Kier alpha value is -6.00. The molecule has 0 heterocycles. The van der Waals surface area contributed by atoms with E-state index < -0.39 is 0 Å². The van der Waals surface area contributed by atoms with Gasteiger partial charge in [-0.1, -0.05) is 109 Å². The Morgan fingerprint density at radius 3 is 0.977 bits per heavy atom. The van der Waals surface area contributed by atoms with E-state index in [1.165, 1.54) is 53.9 Å². The molecule has 210 valence electrons. The average Bonchev–Trinajstić information content (AvgIpc) is 3.08. The first kappa shape index (κ1) is 26.9. The molecule has 0 aliphatic carbocycles. The maximum Gasteiger partial charge on any atom is 0.150 e.